The van der Waals surface area contributed by atoms with Gasteiger partial charge < -0.3 is 5.32 Å². The lowest BCUT2D eigenvalue weighted by atomic mass is 10.2. The molecule has 0 aromatic heterocycles. The molecule has 3 heteroatoms. The summed E-state index contributed by atoms with van der Waals surface area (Å²) < 4.78 is 0. The van der Waals surface area contributed by atoms with Crippen LogP contribution in [-0.4, -0.2) is 31.0 Å². The van der Waals surface area contributed by atoms with Crippen molar-refractivity contribution in [2.75, 3.05) is 31.0 Å². The van der Waals surface area contributed by atoms with Crippen molar-refractivity contribution in [3.63, 3.8) is 0 Å². The second-order valence-electron chi connectivity index (χ2n) is 2.49. The van der Waals surface area contributed by atoms with Crippen LogP contribution in [0, 0.1) is 0 Å². The molecule has 0 rings (SSSR count). The largest absolute Gasteiger partial charge is 0.316 e. The summed E-state index contributed by atoms with van der Waals surface area (Å²) in [6.45, 7) is 2.29. The van der Waals surface area contributed by atoms with Crippen molar-refractivity contribution in [3.05, 3.63) is 0 Å². The number of thioether (sulfide) groups is 1. The molecule has 1 nitrogen and oxygen atoms in total. The summed E-state index contributed by atoms with van der Waals surface area (Å²) in [6.07, 6.45) is 5.82. The minimum atomic E-state index is 0.810. The first kappa shape index (κ1) is 11.6. The zero-order chi connectivity index (χ0) is 8.36. The van der Waals surface area contributed by atoms with Crippen molar-refractivity contribution < 1.29 is 0 Å². The van der Waals surface area contributed by atoms with E-state index in [0.29, 0.717) is 0 Å². The van der Waals surface area contributed by atoms with Gasteiger partial charge in [-0.2, -0.15) is 11.8 Å². The standard InChI is InChI=1S/C8H18ClNS/c1-11-8-7-10-6-4-2-3-5-9/h10H,2-8H2,1H3. The van der Waals surface area contributed by atoms with Crippen molar-refractivity contribution in [2.45, 2.75) is 19.3 Å². The fourth-order valence-electron chi connectivity index (χ4n) is 0.820. The molecule has 11 heavy (non-hydrogen) atoms. The predicted molar refractivity (Wildman–Crippen MR) is 55.8 cm³/mol. The molecule has 0 aromatic rings. The number of halogens is 1. The molecule has 0 radical (unpaired) electrons. The van der Waals surface area contributed by atoms with E-state index in [1.54, 1.807) is 0 Å². The zero-order valence-corrected chi connectivity index (χ0v) is 8.81. The molecule has 0 heterocycles. The molecule has 0 saturated carbocycles. The third kappa shape index (κ3) is 10.6. The Kier molecular flexibility index (Phi) is 11.2. The highest BCUT2D eigenvalue weighted by atomic mass is 35.5. The first-order chi connectivity index (χ1) is 5.41. The lowest BCUT2D eigenvalue weighted by Gasteiger charge is -2.01. The molecule has 0 aliphatic carbocycles. The Balaban J connectivity index is 2.69. The Morgan fingerprint density at radius 1 is 1.18 bits per heavy atom. The van der Waals surface area contributed by atoms with E-state index in [1.165, 1.54) is 18.6 Å². The summed E-state index contributed by atoms with van der Waals surface area (Å²) >= 11 is 7.43. The SMILES string of the molecule is CSCCNCCCCCCl. The van der Waals surface area contributed by atoms with Crippen LogP contribution in [0.5, 0.6) is 0 Å². The number of rotatable bonds is 8. The number of unbranched alkanes of at least 4 members (excludes halogenated alkanes) is 2. The van der Waals surface area contributed by atoms with Crippen molar-refractivity contribution in [1.82, 2.24) is 5.32 Å². The number of alkyl halides is 1. The summed E-state index contributed by atoms with van der Waals surface area (Å²) in [6, 6.07) is 0. The molecule has 68 valence electrons. The monoisotopic (exact) mass is 195 g/mol. The van der Waals surface area contributed by atoms with Crippen molar-refractivity contribution in [2.24, 2.45) is 0 Å². The van der Waals surface area contributed by atoms with E-state index < -0.39 is 0 Å². The quantitative estimate of drug-likeness (QED) is 0.472. The number of nitrogens with one attached hydrogen (secondary N) is 1. The Morgan fingerprint density at radius 2 is 2.00 bits per heavy atom. The highest BCUT2D eigenvalue weighted by molar-refractivity contribution is 7.98. The first-order valence-electron chi connectivity index (χ1n) is 4.17. The molecule has 0 amide bonds. The summed E-state index contributed by atoms with van der Waals surface area (Å²) in [7, 11) is 0. The first-order valence-corrected chi connectivity index (χ1v) is 6.10. The molecule has 0 spiro atoms. The van der Waals surface area contributed by atoms with Gasteiger partial charge in [0, 0.05) is 18.2 Å². The van der Waals surface area contributed by atoms with Gasteiger partial charge in [0.15, 0.2) is 0 Å². The van der Waals surface area contributed by atoms with Crippen LogP contribution < -0.4 is 5.32 Å². The maximum Gasteiger partial charge on any atom is 0.0223 e. The minimum absolute atomic E-state index is 0.810. The molecule has 0 aromatic carbocycles. The fraction of sp³-hybridized carbons (Fsp3) is 1.00. The van der Waals surface area contributed by atoms with Crippen LogP contribution in [0.1, 0.15) is 19.3 Å². The number of hydrogen-bond donors (Lipinski definition) is 1. The van der Waals surface area contributed by atoms with E-state index in [1.807, 2.05) is 11.8 Å². The fourth-order valence-corrected chi connectivity index (χ4v) is 1.36. The second kappa shape index (κ2) is 10.6. The Morgan fingerprint density at radius 3 is 2.64 bits per heavy atom. The van der Waals surface area contributed by atoms with Crippen molar-refractivity contribution >= 4 is 23.4 Å². The van der Waals surface area contributed by atoms with Crippen LogP contribution in [0.4, 0.5) is 0 Å². The summed E-state index contributed by atoms with van der Waals surface area (Å²) in [5.41, 5.74) is 0. The Labute approximate surface area is 79.3 Å². The van der Waals surface area contributed by atoms with Crippen molar-refractivity contribution in [3.8, 4) is 0 Å². The van der Waals surface area contributed by atoms with Gasteiger partial charge >= 0.3 is 0 Å². The molecule has 0 atom stereocenters. The lowest BCUT2D eigenvalue weighted by molar-refractivity contribution is 0.637. The second-order valence-corrected chi connectivity index (χ2v) is 3.86. The number of hydrogen-bond acceptors (Lipinski definition) is 2. The van der Waals surface area contributed by atoms with Crippen LogP contribution >= 0.6 is 23.4 Å². The van der Waals surface area contributed by atoms with E-state index in [9.17, 15) is 0 Å². The van der Waals surface area contributed by atoms with Gasteiger partial charge in [0.2, 0.25) is 0 Å². The van der Waals surface area contributed by atoms with Crippen LogP contribution in [0.25, 0.3) is 0 Å². The van der Waals surface area contributed by atoms with Gasteiger partial charge in [-0.25, -0.2) is 0 Å². The highest BCUT2D eigenvalue weighted by Crippen LogP contribution is 1.95. The summed E-state index contributed by atoms with van der Waals surface area (Å²) in [5.74, 6) is 2.03. The molecular formula is C8H18ClNS. The molecule has 0 saturated heterocycles. The van der Waals surface area contributed by atoms with E-state index in [-0.39, 0.29) is 0 Å². The highest BCUT2D eigenvalue weighted by Gasteiger charge is 1.87. The molecule has 1 N–H and O–H groups in total. The molecule has 0 fully saturated rings. The van der Waals surface area contributed by atoms with Gasteiger partial charge in [0.1, 0.15) is 0 Å². The third-order valence-electron chi connectivity index (χ3n) is 1.47. The van der Waals surface area contributed by atoms with Crippen LogP contribution in [0.2, 0.25) is 0 Å². The summed E-state index contributed by atoms with van der Waals surface area (Å²) in [4.78, 5) is 0. The topological polar surface area (TPSA) is 12.0 Å². The van der Waals surface area contributed by atoms with E-state index in [2.05, 4.69) is 11.6 Å². The van der Waals surface area contributed by atoms with Gasteiger partial charge in [-0.1, -0.05) is 6.42 Å². The lowest BCUT2D eigenvalue weighted by Crippen LogP contribution is -2.18. The van der Waals surface area contributed by atoms with E-state index in [0.717, 1.165) is 25.4 Å². The maximum atomic E-state index is 5.54. The Hall–Kier alpha value is 0.600. The molecule has 0 aliphatic heterocycles. The zero-order valence-electron chi connectivity index (χ0n) is 7.24. The van der Waals surface area contributed by atoms with Gasteiger partial charge in [-0.3, -0.25) is 0 Å². The minimum Gasteiger partial charge on any atom is -0.316 e. The predicted octanol–water partition coefficient (Wildman–Crippen LogP) is 2.35. The van der Waals surface area contributed by atoms with Gasteiger partial charge in [0.05, 0.1) is 0 Å². The van der Waals surface area contributed by atoms with E-state index >= 15 is 0 Å². The van der Waals surface area contributed by atoms with Crippen molar-refractivity contribution in [1.29, 1.82) is 0 Å². The average Bonchev–Trinajstić information content (AvgIpc) is 2.03. The molecule has 0 unspecified atom stereocenters. The molecular weight excluding hydrogens is 178 g/mol. The summed E-state index contributed by atoms with van der Waals surface area (Å²) in [5, 5.41) is 3.38. The van der Waals surface area contributed by atoms with Gasteiger partial charge in [-0.15, -0.1) is 11.6 Å². The van der Waals surface area contributed by atoms with Gasteiger partial charge in [0.25, 0.3) is 0 Å². The average molecular weight is 196 g/mol. The van der Waals surface area contributed by atoms with Crippen LogP contribution in [0.3, 0.4) is 0 Å². The van der Waals surface area contributed by atoms with Crippen LogP contribution in [-0.2, 0) is 0 Å². The third-order valence-corrected chi connectivity index (χ3v) is 2.35. The Bertz CT molecular complexity index is 63.1. The smallest absolute Gasteiger partial charge is 0.0223 e. The molecule has 0 aliphatic rings. The van der Waals surface area contributed by atoms with Gasteiger partial charge in [-0.05, 0) is 25.6 Å². The van der Waals surface area contributed by atoms with E-state index in [4.69, 9.17) is 11.6 Å². The maximum absolute atomic E-state index is 5.54. The normalized spacial score (nSPS) is 10.4. The van der Waals surface area contributed by atoms with Crippen LogP contribution in [0.15, 0.2) is 0 Å². The molecule has 0 bridgehead atoms.